The molecule has 3 aromatic carbocycles. The number of carbonyl (C=O) groups is 1. The Labute approximate surface area is 177 Å². The zero-order valence-electron chi connectivity index (χ0n) is 16.1. The van der Waals surface area contributed by atoms with Crippen molar-refractivity contribution in [3.05, 3.63) is 93.7 Å². The minimum absolute atomic E-state index is 0.0749. The molecule has 0 radical (unpaired) electrons. The number of nitrogens with zero attached hydrogens (tertiary/aromatic N) is 2. The van der Waals surface area contributed by atoms with Crippen LogP contribution in [0.3, 0.4) is 0 Å². The number of halogens is 1. The second kappa shape index (κ2) is 8.39. The summed E-state index contributed by atoms with van der Waals surface area (Å²) in [5, 5.41) is 0.911. The zero-order chi connectivity index (χ0) is 21.1. The molecule has 1 aromatic heterocycles. The third-order valence-electron chi connectivity index (χ3n) is 4.59. The van der Waals surface area contributed by atoms with E-state index in [1.807, 2.05) is 18.2 Å². The maximum atomic E-state index is 13.2. The van der Waals surface area contributed by atoms with Crippen LogP contribution in [0.2, 0.25) is 5.02 Å². The molecule has 1 N–H and O–H groups in total. The van der Waals surface area contributed by atoms with Gasteiger partial charge in [0.05, 0.1) is 24.4 Å². The normalized spacial score (nSPS) is 10.7. The highest BCUT2D eigenvalue weighted by molar-refractivity contribution is 6.30. The van der Waals surface area contributed by atoms with Crippen molar-refractivity contribution in [1.29, 1.82) is 0 Å². The average Bonchev–Trinajstić information content (AvgIpc) is 2.75. The lowest BCUT2D eigenvalue weighted by atomic mass is 10.1. The van der Waals surface area contributed by atoms with Gasteiger partial charge in [-0.2, -0.15) is 4.68 Å². The monoisotopic (exact) mass is 419 g/mol. The summed E-state index contributed by atoms with van der Waals surface area (Å²) < 4.78 is 6.38. The molecule has 30 heavy (non-hydrogen) atoms. The van der Waals surface area contributed by atoms with Gasteiger partial charge in [-0.3, -0.25) is 15.0 Å². The number of methoxy groups -OCH3 is 1. The van der Waals surface area contributed by atoms with E-state index in [0.29, 0.717) is 33.1 Å². The quantitative estimate of drug-likeness (QED) is 0.530. The van der Waals surface area contributed by atoms with Gasteiger partial charge in [-0.15, -0.1) is 0 Å². The Bertz CT molecular complexity index is 1300. The van der Waals surface area contributed by atoms with Crippen molar-refractivity contribution < 1.29 is 9.53 Å². The first-order valence-electron chi connectivity index (χ1n) is 9.25. The molecule has 0 spiro atoms. The first-order valence-corrected chi connectivity index (χ1v) is 9.63. The topological polar surface area (TPSA) is 73.2 Å². The van der Waals surface area contributed by atoms with Crippen LogP contribution in [0.15, 0.2) is 77.6 Å². The van der Waals surface area contributed by atoms with Gasteiger partial charge in [0.25, 0.3) is 5.56 Å². The lowest BCUT2D eigenvalue weighted by molar-refractivity contribution is -0.116. The standard InChI is InChI=1S/C23H18ClN3O3/c1-30-18-9-4-6-15(12-18)13-21(28)26-27-22(16-7-5-8-17(24)14-16)25-20-11-3-2-10-19(20)23(27)29/h2-12,14H,13H2,1H3,(H,26,28). The largest absolute Gasteiger partial charge is 0.497 e. The molecule has 0 saturated heterocycles. The summed E-state index contributed by atoms with van der Waals surface area (Å²) in [5.74, 6) is 0.607. The number of fused-ring (bicyclic) bond motifs is 1. The molecule has 1 heterocycles. The summed E-state index contributed by atoms with van der Waals surface area (Å²) in [7, 11) is 1.57. The fourth-order valence-corrected chi connectivity index (χ4v) is 3.38. The van der Waals surface area contributed by atoms with Crippen molar-refractivity contribution >= 4 is 28.4 Å². The second-order valence-corrected chi connectivity index (χ2v) is 7.10. The number of hydrogen-bond donors (Lipinski definition) is 1. The van der Waals surface area contributed by atoms with E-state index in [9.17, 15) is 9.59 Å². The summed E-state index contributed by atoms with van der Waals surface area (Å²) in [5.41, 5.74) is 4.24. The first-order chi connectivity index (χ1) is 14.5. The van der Waals surface area contributed by atoms with Gasteiger partial charge in [-0.25, -0.2) is 4.98 Å². The highest BCUT2D eigenvalue weighted by Crippen LogP contribution is 2.22. The SMILES string of the molecule is COc1cccc(CC(=O)Nn2c(-c3cccc(Cl)c3)nc3ccccc3c2=O)c1. The van der Waals surface area contributed by atoms with Crippen LogP contribution >= 0.6 is 11.6 Å². The van der Waals surface area contributed by atoms with Crippen LogP contribution < -0.4 is 15.7 Å². The van der Waals surface area contributed by atoms with Crippen LogP contribution in [-0.2, 0) is 11.2 Å². The number of para-hydroxylation sites is 1. The van der Waals surface area contributed by atoms with Crippen LogP contribution in [-0.4, -0.2) is 22.7 Å². The number of rotatable bonds is 5. The van der Waals surface area contributed by atoms with E-state index in [1.54, 1.807) is 61.7 Å². The Morgan fingerprint density at radius 2 is 1.87 bits per heavy atom. The zero-order valence-corrected chi connectivity index (χ0v) is 16.9. The Morgan fingerprint density at radius 1 is 1.07 bits per heavy atom. The van der Waals surface area contributed by atoms with E-state index >= 15 is 0 Å². The predicted octanol–water partition coefficient (Wildman–Crippen LogP) is 4.04. The van der Waals surface area contributed by atoms with E-state index in [2.05, 4.69) is 10.4 Å². The van der Waals surface area contributed by atoms with Gasteiger partial charge in [-0.05, 0) is 42.0 Å². The van der Waals surface area contributed by atoms with Crippen molar-refractivity contribution in [2.75, 3.05) is 12.5 Å². The van der Waals surface area contributed by atoms with Gasteiger partial charge in [0.1, 0.15) is 5.75 Å². The summed E-state index contributed by atoms with van der Waals surface area (Å²) in [6.45, 7) is 0. The van der Waals surface area contributed by atoms with E-state index in [0.717, 1.165) is 5.56 Å². The highest BCUT2D eigenvalue weighted by Gasteiger charge is 2.15. The molecular formula is C23H18ClN3O3. The molecule has 0 unspecified atom stereocenters. The fraction of sp³-hybridized carbons (Fsp3) is 0.0870. The predicted molar refractivity (Wildman–Crippen MR) is 118 cm³/mol. The number of ether oxygens (including phenoxy) is 1. The third kappa shape index (κ3) is 4.04. The molecule has 150 valence electrons. The molecule has 4 rings (SSSR count). The summed E-state index contributed by atoms with van der Waals surface area (Å²) in [4.78, 5) is 30.5. The van der Waals surface area contributed by atoms with Crippen molar-refractivity contribution in [2.45, 2.75) is 6.42 Å². The molecule has 0 bridgehead atoms. The van der Waals surface area contributed by atoms with Crippen LogP contribution in [0.1, 0.15) is 5.56 Å². The van der Waals surface area contributed by atoms with Crippen molar-refractivity contribution in [3.8, 4) is 17.1 Å². The second-order valence-electron chi connectivity index (χ2n) is 6.67. The van der Waals surface area contributed by atoms with Crippen LogP contribution in [0.4, 0.5) is 0 Å². The molecule has 0 aliphatic carbocycles. The van der Waals surface area contributed by atoms with E-state index in [4.69, 9.17) is 16.3 Å². The lowest BCUT2D eigenvalue weighted by Gasteiger charge is -2.15. The third-order valence-corrected chi connectivity index (χ3v) is 4.83. The average molecular weight is 420 g/mol. The number of aromatic nitrogens is 2. The molecule has 4 aromatic rings. The minimum atomic E-state index is -0.366. The molecule has 0 atom stereocenters. The maximum absolute atomic E-state index is 13.2. The van der Waals surface area contributed by atoms with Crippen LogP contribution in [0.25, 0.3) is 22.3 Å². The smallest absolute Gasteiger partial charge is 0.280 e. The number of carbonyl (C=O) groups excluding carboxylic acids is 1. The molecule has 0 fully saturated rings. The highest BCUT2D eigenvalue weighted by atomic mass is 35.5. The molecule has 0 saturated carbocycles. The van der Waals surface area contributed by atoms with E-state index in [1.165, 1.54) is 4.68 Å². The van der Waals surface area contributed by atoms with Crippen LogP contribution in [0, 0.1) is 0 Å². The van der Waals surface area contributed by atoms with Gasteiger partial charge >= 0.3 is 0 Å². The van der Waals surface area contributed by atoms with E-state index < -0.39 is 0 Å². The summed E-state index contributed by atoms with van der Waals surface area (Å²) in [6, 6.07) is 21.2. The number of amides is 1. The minimum Gasteiger partial charge on any atom is -0.497 e. The van der Waals surface area contributed by atoms with Gasteiger partial charge in [0.2, 0.25) is 5.91 Å². The summed E-state index contributed by atoms with van der Waals surface area (Å²) >= 11 is 6.13. The molecule has 0 aliphatic rings. The first kappa shape index (κ1) is 19.7. The molecule has 6 nitrogen and oxygen atoms in total. The summed E-state index contributed by atoms with van der Waals surface area (Å²) in [6.07, 6.45) is 0.0749. The number of nitrogens with one attached hydrogen (secondary N) is 1. The number of benzene rings is 3. The fourth-order valence-electron chi connectivity index (χ4n) is 3.19. The van der Waals surface area contributed by atoms with Gasteiger partial charge in [-0.1, -0.05) is 48.0 Å². The Hall–Kier alpha value is -3.64. The van der Waals surface area contributed by atoms with Gasteiger partial charge < -0.3 is 4.74 Å². The lowest BCUT2D eigenvalue weighted by Crippen LogP contribution is -2.35. The van der Waals surface area contributed by atoms with Gasteiger partial charge in [0.15, 0.2) is 5.82 Å². The molecule has 1 amide bonds. The molecule has 0 aliphatic heterocycles. The van der Waals surface area contributed by atoms with Crippen molar-refractivity contribution in [2.24, 2.45) is 0 Å². The number of hydrogen-bond acceptors (Lipinski definition) is 4. The van der Waals surface area contributed by atoms with Crippen molar-refractivity contribution in [1.82, 2.24) is 9.66 Å². The van der Waals surface area contributed by atoms with Crippen LogP contribution in [0.5, 0.6) is 5.75 Å². The van der Waals surface area contributed by atoms with Gasteiger partial charge in [0, 0.05) is 10.6 Å². The molecule has 7 heteroatoms. The molecular weight excluding hydrogens is 402 g/mol. The maximum Gasteiger partial charge on any atom is 0.280 e. The van der Waals surface area contributed by atoms with Crippen molar-refractivity contribution in [3.63, 3.8) is 0 Å². The Kier molecular flexibility index (Phi) is 5.50. The Morgan fingerprint density at radius 3 is 2.67 bits per heavy atom. The Balaban J connectivity index is 1.76. The van der Waals surface area contributed by atoms with E-state index in [-0.39, 0.29) is 17.9 Å².